The Hall–Kier alpha value is -1.36. The minimum atomic E-state index is 0.711. The van der Waals surface area contributed by atoms with Gasteiger partial charge in [-0.25, -0.2) is 4.98 Å². The molecular weight excluding hydrogens is 250 g/mol. The molecule has 1 aromatic heterocycles. The van der Waals surface area contributed by atoms with Crippen LogP contribution in [0.3, 0.4) is 0 Å². The van der Waals surface area contributed by atoms with Crippen molar-refractivity contribution in [3.63, 3.8) is 0 Å². The van der Waals surface area contributed by atoms with Gasteiger partial charge in [-0.15, -0.1) is 0 Å². The first-order valence-corrected chi connectivity index (χ1v) is 7.60. The predicted molar refractivity (Wildman–Crippen MR) is 86.4 cm³/mol. The first-order valence-electron chi connectivity index (χ1n) is 7.60. The van der Waals surface area contributed by atoms with Gasteiger partial charge >= 0.3 is 0 Å². The largest absolute Gasteiger partial charge is 0.370 e. The third-order valence-electron chi connectivity index (χ3n) is 3.03. The summed E-state index contributed by atoms with van der Waals surface area (Å²) < 4.78 is 0. The molecule has 0 saturated carbocycles. The molecule has 0 spiro atoms. The van der Waals surface area contributed by atoms with Gasteiger partial charge in [-0.1, -0.05) is 26.2 Å². The summed E-state index contributed by atoms with van der Waals surface area (Å²) >= 11 is 0. The van der Waals surface area contributed by atoms with Crippen molar-refractivity contribution in [1.29, 1.82) is 0 Å². The van der Waals surface area contributed by atoms with E-state index in [1.165, 1.54) is 25.7 Å². The number of unbranched alkanes of at least 4 members (excludes halogenated alkanes) is 3. The summed E-state index contributed by atoms with van der Waals surface area (Å²) in [5.74, 6) is 1.63. The Morgan fingerprint density at radius 3 is 2.55 bits per heavy atom. The summed E-state index contributed by atoms with van der Waals surface area (Å²) in [6.07, 6.45) is 5.05. The van der Waals surface area contributed by atoms with E-state index < -0.39 is 0 Å². The zero-order valence-electron chi connectivity index (χ0n) is 13.4. The van der Waals surface area contributed by atoms with Crippen LogP contribution in [0.25, 0.3) is 0 Å². The zero-order chi connectivity index (χ0) is 14.8. The molecule has 5 heteroatoms. The van der Waals surface area contributed by atoms with Crippen LogP contribution in [-0.2, 0) is 0 Å². The number of aryl methyl sites for hydroxylation is 1. The van der Waals surface area contributed by atoms with Crippen molar-refractivity contribution in [2.75, 3.05) is 44.4 Å². The van der Waals surface area contributed by atoms with Crippen molar-refractivity contribution in [3.05, 3.63) is 11.8 Å². The summed E-state index contributed by atoms with van der Waals surface area (Å²) in [4.78, 5) is 11.0. The molecular formula is C15H29N5. The number of hydrogen-bond donors (Lipinski definition) is 2. The first kappa shape index (κ1) is 16.7. The molecule has 1 aromatic rings. The SMILES string of the molecule is CCCCCCNc1cc(C)nc(NCCN(C)C)n1. The summed E-state index contributed by atoms with van der Waals surface area (Å²) in [5.41, 5.74) is 0.989. The smallest absolute Gasteiger partial charge is 0.224 e. The Morgan fingerprint density at radius 1 is 1.05 bits per heavy atom. The molecule has 2 N–H and O–H groups in total. The van der Waals surface area contributed by atoms with Crippen molar-refractivity contribution in [2.45, 2.75) is 39.5 Å². The van der Waals surface area contributed by atoms with Gasteiger partial charge in [0.15, 0.2) is 0 Å². The van der Waals surface area contributed by atoms with Gasteiger partial charge in [-0.3, -0.25) is 0 Å². The number of rotatable bonds is 10. The number of anilines is 2. The Labute approximate surface area is 123 Å². The highest BCUT2D eigenvalue weighted by Crippen LogP contribution is 2.10. The lowest BCUT2D eigenvalue weighted by atomic mass is 10.2. The van der Waals surface area contributed by atoms with Crippen LogP contribution in [0, 0.1) is 6.92 Å². The molecule has 0 aliphatic heterocycles. The number of aromatic nitrogens is 2. The topological polar surface area (TPSA) is 53.1 Å². The van der Waals surface area contributed by atoms with E-state index in [0.29, 0.717) is 5.95 Å². The Bertz CT molecular complexity index is 379. The molecule has 0 saturated heterocycles. The van der Waals surface area contributed by atoms with Crippen LogP contribution in [0.15, 0.2) is 6.07 Å². The van der Waals surface area contributed by atoms with Crippen molar-refractivity contribution < 1.29 is 0 Å². The van der Waals surface area contributed by atoms with E-state index in [1.807, 2.05) is 13.0 Å². The third-order valence-corrected chi connectivity index (χ3v) is 3.03. The van der Waals surface area contributed by atoms with Gasteiger partial charge in [0.1, 0.15) is 5.82 Å². The van der Waals surface area contributed by atoms with Crippen molar-refractivity contribution in [3.8, 4) is 0 Å². The molecule has 0 radical (unpaired) electrons. The predicted octanol–water partition coefficient (Wildman–Crippen LogP) is 2.75. The fourth-order valence-electron chi connectivity index (χ4n) is 1.90. The lowest BCUT2D eigenvalue weighted by molar-refractivity contribution is 0.425. The molecule has 0 amide bonds. The second kappa shape index (κ2) is 9.53. The summed E-state index contributed by atoms with van der Waals surface area (Å²) in [7, 11) is 4.12. The van der Waals surface area contributed by atoms with Gasteiger partial charge in [0.2, 0.25) is 5.95 Å². The molecule has 5 nitrogen and oxygen atoms in total. The third kappa shape index (κ3) is 7.28. The highest BCUT2D eigenvalue weighted by Gasteiger charge is 2.01. The van der Waals surface area contributed by atoms with Gasteiger partial charge < -0.3 is 15.5 Å². The van der Waals surface area contributed by atoms with E-state index in [2.05, 4.69) is 46.5 Å². The summed E-state index contributed by atoms with van der Waals surface area (Å²) in [5, 5.41) is 6.65. The van der Waals surface area contributed by atoms with Crippen molar-refractivity contribution in [1.82, 2.24) is 14.9 Å². The average molecular weight is 279 g/mol. The monoisotopic (exact) mass is 279 g/mol. The van der Waals surface area contributed by atoms with E-state index in [-0.39, 0.29) is 0 Å². The second-order valence-electron chi connectivity index (χ2n) is 5.44. The first-order chi connectivity index (χ1) is 9.61. The molecule has 0 aliphatic rings. The Morgan fingerprint density at radius 2 is 1.85 bits per heavy atom. The van der Waals surface area contributed by atoms with Gasteiger partial charge in [-0.2, -0.15) is 4.98 Å². The van der Waals surface area contributed by atoms with Crippen LogP contribution >= 0.6 is 0 Å². The highest BCUT2D eigenvalue weighted by molar-refractivity contribution is 5.42. The van der Waals surface area contributed by atoms with Crippen LogP contribution in [0.1, 0.15) is 38.3 Å². The lowest BCUT2D eigenvalue weighted by Crippen LogP contribution is -2.21. The maximum absolute atomic E-state index is 4.50. The van der Waals surface area contributed by atoms with E-state index in [1.54, 1.807) is 0 Å². The maximum Gasteiger partial charge on any atom is 0.224 e. The number of hydrogen-bond acceptors (Lipinski definition) is 5. The minimum Gasteiger partial charge on any atom is -0.370 e. The average Bonchev–Trinajstić information content (AvgIpc) is 2.37. The van der Waals surface area contributed by atoms with Crippen LogP contribution in [0.2, 0.25) is 0 Å². The molecule has 1 rings (SSSR count). The van der Waals surface area contributed by atoms with Gasteiger partial charge in [0.05, 0.1) is 0 Å². The second-order valence-corrected chi connectivity index (χ2v) is 5.44. The van der Waals surface area contributed by atoms with Gasteiger partial charge in [-0.05, 0) is 27.4 Å². The van der Waals surface area contributed by atoms with Gasteiger partial charge in [0.25, 0.3) is 0 Å². The minimum absolute atomic E-state index is 0.711. The Kier molecular flexibility index (Phi) is 7.95. The van der Waals surface area contributed by atoms with E-state index in [9.17, 15) is 0 Å². The molecule has 114 valence electrons. The van der Waals surface area contributed by atoms with Crippen LogP contribution in [0.5, 0.6) is 0 Å². The molecule has 0 aromatic carbocycles. The maximum atomic E-state index is 4.50. The fraction of sp³-hybridized carbons (Fsp3) is 0.733. The zero-order valence-corrected chi connectivity index (χ0v) is 13.4. The quantitative estimate of drug-likeness (QED) is 0.645. The van der Waals surface area contributed by atoms with Crippen molar-refractivity contribution in [2.24, 2.45) is 0 Å². The number of likely N-dealkylation sites (N-methyl/N-ethyl adjacent to an activating group) is 1. The fourth-order valence-corrected chi connectivity index (χ4v) is 1.90. The standard InChI is InChI=1S/C15H29N5/c1-5-6-7-8-9-16-14-12-13(2)18-15(19-14)17-10-11-20(3)4/h12H,5-11H2,1-4H3,(H2,16,17,18,19). The molecule has 1 heterocycles. The number of nitrogens with one attached hydrogen (secondary N) is 2. The molecule has 0 unspecified atom stereocenters. The summed E-state index contributed by atoms with van der Waals surface area (Å²) in [6.45, 7) is 7.03. The normalized spacial score (nSPS) is 10.8. The van der Waals surface area contributed by atoms with E-state index in [4.69, 9.17) is 0 Å². The van der Waals surface area contributed by atoms with Crippen LogP contribution in [0.4, 0.5) is 11.8 Å². The van der Waals surface area contributed by atoms with Crippen LogP contribution < -0.4 is 10.6 Å². The van der Waals surface area contributed by atoms with E-state index >= 15 is 0 Å². The molecule has 0 atom stereocenters. The number of nitrogens with zero attached hydrogens (tertiary/aromatic N) is 3. The van der Waals surface area contributed by atoms with Crippen LogP contribution in [-0.4, -0.2) is 48.6 Å². The van der Waals surface area contributed by atoms with Crippen molar-refractivity contribution >= 4 is 11.8 Å². The molecule has 0 aliphatic carbocycles. The highest BCUT2D eigenvalue weighted by atomic mass is 15.2. The lowest BCUT2D eigenvalue weighted by Gasteiger charge is -2.12. The van der Waals surface area contributed by atoms with E-state index in [0.717, 1.165) is 31.1 Å². The molecule has 0 fully saturated rings. The molecule has 0 bridgehead atoms. The Balaban J connectivity index is 2.40. The van der Waals surface area contributed by atoms with Gasteiger partial charge in [0, 0.05) is 31.4 Å². The molecule has 20 heavy (non-hydrogen) atoms. The summed E-state index contributed by atoms with van der Waals surface area (Å²) in [6, 6.07) is 2.00.